The number of alkyl halides is 2. The molecule has 1 saturated heterocycles. The first kappa shape index (κ1) is 18.8. The van der Waals surface area contributed by atoms with E-state index in [1.54, 1.807) is 12.1 Å². The molecule has 0 amide bonds. The van der Waals surface area contributed by atoms with Gasteiger partial charge in [0.1, 0.15) is 0 Å². The van der Waals surface area contributed by atoms with E-state index in [1.165, 1.54) is 6.07 Å². The summed E-state index contributed by atoms with van der Waals surface area (Å²) in [6.45, 7) is 2.27. The van der Waals surface area contributed by atoms with Crippen molar-refractivity contribution in [2.45, 2.75) is 51.0 Å². The predicted octanol–water partition coefficient (Wildman–Crippen LogP) is 2.84. The first-order valence-corrected chi connectivity index (χ1v) is 8.74. The van der Waals surface area contributed by atoms with Gasteiger partial charge in [0.2, 0.25) is 0 Å². The van der Waals surface area contributed by atoms with E-state index in [9.17, 15) is 13.9 Å². The predicted molar refractivity (Wildman–Crippen MR) is 88.1 cm³/mol. The first-order valence-electron chi connectivity index (χ1n) is 8.74. The zero-order chi connectivity index (χ0) is 18.8. The third kappa shape index (κ3) is 3.91. The number of rotatable bonds is 2. The molecule has 2 fully saturated rings. The summed E-state index contributed by atoms with van der Waals surface area (Å²) >= 11 is 0. The van der Waals surface area contributed by atoms with Crippen LogP contribution in [0.5, 0.6) is 11.5 Å². The molecule has 2 aliphatic heterocycles. The summed E-state index contributed by atoms with van der Waals surface area (Å²) in [6, 6.07) is 4.97. The number of piperidine rings is 1. The zero-order valence-electron chi connectivity index (χ0n) is 14.4. The summed E-state index contributed by atoms with van der Waals surface area (Å²) in [7, 11) is 0. The molecule has 0 radical (unpaired) electrons. The highest BCUT2D eigenvalue weighted by atomic mass is 19.3. The average Bonchev–Trinajstić information content (AvgIpc) is 3.06. The number of nitrogens with zero attached hydrogens (tertiary/aromatic N) is 1. The third-order valence-electron chi connectivity index (χ3n) is 5.42. The maximum atomic E-state index is 13.1. The van der Waals surface area contributed by atoms with Crippen molar-refractivity contribution in [3.05, 3.63) is 23.8 Å². The van der Waals surface area contributed by atoms with Crippen molar-refractivity contribution < 1.29 is 33.3 Å². The third-order valence-corrected chi connectivity index (χ3v) is 5.42. The Balaban J connectivity index is 0.000000613. The van der Waals surface area contributed by atoms with E-state index < -0.39 is 6.29 Å². The van der Waals surface area contributed by atoms with Crippen LogP contribution >= 0.6 is 0 Å². The number of aliphatic hydroxyl groups excluding tert-OH is 1. The number of fused-ring (bicyclic) bond motifs is 1. The van der Waals surface area contributed by atoms with Crippen molar-refractivity contribution in [3.8, 4) is 11.5 Å². The van der Waals surface area contributed by atoms with Gasteiger partial charge in [0.15, 0.2) is 11.5 Å². The van der Waals surface area contributed by atoms with Crippen molar-refractivity contribution in [2.24, 2.45) is 5.41 Å². The van der Waals surface area contributed by atoms with Gasteiger partial charge in [-0.1, -0.05) is 12.5 Å². The van der Waals surface area contributed by atoms with Crippen molar-refractivity contribution >= 4 is 6.47 Å². The topological polar surface area (TPSA) is 79.2 Å². The maximum Gasteiger partial charge on any atom is 0.586 e. The Labute approximate surface area is 150 Å². The number of carbonyl (C=O) groups is 1. The number of halogens is 2. The molecule has 0 aromatic heterocycles. The van der Waals surface area contributed by atoms with Crippen molar-refractivity contribution in [1.29, 1.82) is 0 Å². The van der Waals surface area contributed by atoms with E-state index in [1.807, 2.05) is 0 Å². The van der Waals surface area contributed by atoms with Gasteiger partial charge < -0.3 is 19.7 Å². The second kappa shape index (κ2) is 7.36. The molecule has 1 aromatic rings. The Morgan fingerprint density at radius 3 is 2.62 bits per heavy atom. The SMILES string of the molecule is O=CO.O[C@@H]1CCC[C@]12CCCN(Cc1ccc3c(c1)OC(F)(F)O3)C2. The molecule has 1 aliphatic carbocycles. The van der Waals surface area contributed by atoms with Crippen LogP contribution in [0, 0.1) is 5.41 Å². The van der Waals surface area contributed by atoms with Crippen LogP contribution in [0.2, 0.25) is 0 Å². The lowest BCUT2D eigenvalue weighted by Crippen LogP contribution is -2.46. The van der Waals surface area contributed by atoms with Crippen LogP contribution in [0.3, 0.4) is 0 Å². The Kier molecular flexibility index (Phi) is 5.34. The number of ether oxygens (including phenoxy) is 2. The summed E-state index contributed by atoms with van der Waals surface area (Å²) in [5.74, 6) is 0.181. The van der Waals surface area contributed by atoms with E-state index in [0.717, 1.165) is 50.8 Å². The van der Waals surface area contributed by atoms with Crippen molar-refractivity contribution in [2.75, 3.05) is 13.1 Å². The molecule has 1 aromatic carbocycles. The van der Waals surface area contributed by atoms with E-state index >= 15 is 0 Å². The highest BCUT2D eigenvalue weighted by Gasteiger charge is 2.45. The average molecular weight is 371 g/mol. The number of benzene rings is 1. The Morgan fingerprint density at radius 1 is 1.23 bits per heavy atom. The highest BCUT2D eigenvalue weighted by Crippen LogP contribution is 2.46. The van der Waals surface area contributed by atoms with Crippen LogP contribution in [0.4, 0.5) is 8.78 Å². The summed E-state index contributed by atoms with van der Waals surface area (Å²) in [4.78, 5) is 10.7. The van der Waals surface area contributed by atoms with Gasteiger partial charge in [0.05, 0.1) is 6.10 Å². The molecule has 1 saturated carbocycles. The fourth-order valence-corrected chi connectivity index (χ4v) is 4.34. The molecular formula is C18H23F2NO5. The number of aliphatic hydroxyl groups is 1. The van der Waals surface area contributed by atoms with Gasteiger partial charge in [0.25, 0.3) is 6.47 Å². The summed E-state index contributed by atoms with van der Waals surface area (Å²) in [5, 5.41) is 17.2. The molecule has 0 bridgehead atoms. The Bertz CT molecular complexity index is 656. The molecule has 4 rings (SSSR count). The largest absolute Gasteiger partial charge is 0.586 e. The van der Waals surface area contributed by atoms with Gasteiger partial charge >= 0.3 is 6.29 Å². The Hall–Kier alpha value is -1.93. The van der Waals surface area contributed by atoms with Crippen molar-refractivity contribution in [3.63, 3.8) is 0 Å². The van der Waals surface area contributed by atoms with Gasteiger partial charge in [-0.2, -0.15) is 0 Å². The molecule has 2 atom stereocenters. The maximum absolute atomic E-state index is 13.1. The standard InChI is InChI=1S/C17H21F2NO3.CH2O2/c18-17(19)22-13-5-4-12(9-14(13)23-17)10-20-8-2-7-16(11-20)6-1-3-15(16)21;2-1-3/h4-5,9,15,21H,1-3,6-8,10-11H2;1H,(H,2,3)/t15-,16-;/m1./s1. The fraction of sp³-hybridized carbons (Fsp3) is 0.611. The van der Waals surface area contributed by atoms with Gasteiger partial charge in [-0.05, 0) is 49.9 Å². The van der Waals surface area contributed by atoms with E-state index in [4.69, 9.17) is 9.90 Å². The van der Waals surface area contributed by atoms with Crippen LogP contribution in [0.25, 0.3) is 0 Å². The van der Waals surface area contributed by atoms with Crippen LogP contribution in [-0.2, 0) is 11.3 Å². The van der Waals surface area contributed by atoms with Crippen molar-refractivity contribution in [1.82, 2.24) is 4.90 Å². The van der Waals surface area contributed by atoms with Gasteiger partial charge in [0, 0.05) is 18.5 Å². The molecule has 0 unspecified atom stereocenters. The quantitative estimate of drug-likeness (QED) is 0.779. The van der Waals surface area contributed by atoms with Gasteiger partial charge in [-0.3, -0.25) is 9.69 Å². The normalized spacial score (nSPS) is 29.3. The number of hydrogen-bond acceptors (Lipinski definition) is 5. The molecule has 1 spiro atoms. The lowest BCUT2D eigenvalue weighted by atomic mass is 9.76. The monoisotopic (exact) mass is 371 g/mol. The number of likely N-dealkylation sites (tertiary alicyclic amines) is 1. The van der Waals surface area contributed by atoms with E-state index in [0.29, 0.717) is 6.54 Å². The highest BCUT2D eigenvalue weighted by molar-refractivity contribution is 5.45. The molecule has 3 aliphatic rings. The molecule has 144 valence electrons. The van der Waals surface area contributed by atoms with Crippen LogP contribution in [-0.4, -0.2) is 47.1 Å². The summed E-state index contributed by atoms with van der Waals surface area (Å²) in [6.07, 6.45) is 1.45. The van der Waals surface area contributed by atoms with Crippen LogP contribution < -0.4 is 9.47 Å². The zero-order valence-corrected chi connectivity index (χ0v) is 14.4. The second-order valence-corrected chi connectivity index (χ2v) is 7.14. The molecule has 26 heavy (non-hydrogen) atoms. The number of hydrogen-bond donors (Lipinski definition) is 2. The van der Waals surface area contributed by atoms with E-state index in [-0.39, 0.29) is 29.5 Å². The summed E-state index contributed by atoms with van der Waals surface area (Å²) < 4.78 is 35.1. The smallest absolute Gasteiger partial charge is 0.483 e. The van der Waals surface area contributed by atoms with Gasteiger partial charge in [-0.15, -0.1) is 8.78 Å². The van der Waals surface area contributed by atoms with E-state index in [2.05, 4.69) is 14.4 Å². The Morgan fingerprint density at radius 2 is 1.92 bits per heavy atom. The summed E-state index contributed by atoms with van der Waals surface area (Å²) in [5.41, 5.74) is 0.955. The first-order chi connectivity index (χ1) is 12.4. The second-order valence-electron chi connectivity index (χ2n) is 7.14. The lowest BCUT2D eigenvalue weighted by Gasteiger charge is -2.42. The van der Waals surface area contributed by atoms with Gasteiger partial charge in [-0.25, -0.2) is 0 Å². The number of carboxylic acid groups (broad SMARTS) is 1. The minimum absolute atomic E-state index is 0.0294. The molecule has 8 heteroatoms. The molecule has 2 N–H and O–H groups in total. The lowest BCUT2D eigenvalue weighted by molar-refractivity contribution is -0.286. The van der Waals surface area contributed by atoms with Crippen LogP contribution in [0.15, 0.2) is 18.2 Å². The molecule has 6 nitrogen and oxygen atoms in total. The minimum Gasteiger partial charge on any atom is -0.483 e. The fourth-order valence-electron chi connectivity index (χ4n) is 4.34. The van der Waals surface area contributed by atoms with Crippen LogP contribution in [0.1, 0.15) is 37.7 Å². The molecular weight excluding hydrogens is 348 g/mol. The minimum atomic E-state index is -3.57. The molecule has 2 heterocycles.